The van der Waals surface area contributed by atoms with Crippen LogP contribution in [0.1, 0.15) is 29.2 Å². The standard InChI is InChI=1S/C17H15ClN6O3S/c18-9-3-1-8(2-4-9)14-20-16(23-22-14)28-7-11(25)12-13(19)24(10-5-6-10)17(27)21-15(12)26/h1-4,10H,5-7,19H2,(H,20,22,23)(H,21,26,27). The number of aromatic nitrogens is 5. The van der Waals surface area contributed by atoms with Gasteiger partial charge in [-0.1, -0.05) is 23.4 Å². The Morgan fingerprint density at radius 2 is 2.00 bits per heavy atom. The van der Waals surface area contributed by atoms with Crippen LogP contribution in [0.4, 0.5) is 5.82 Å². The Balaban J connectivity index is 1.51. The van der Waals surface area contributed by atoms with Gasteiger partial charge < -0.3 is 5.73 Å². The summed E-state index contributed by atoms with van der Waals surface area (Å²) in [5, 5.41) is 7.82. The van der Waals surface area contributed by atoms with E-state index in [4.69, 9.17) is 17.3 Å². The van der Waals surface area contributed by atoms with Gasteiger partial charge in [-0.2, -0.15) is 0 Å². The number of aromatic amines is 2. The first-order chi connectivity index (χ1) is 13.4. The Hall–Kier alpha value is -2.85. The summed E-state index contributed by atoms with van der Waals surface area (Å²) in [7, 11) is 0. The van der Waals surface area contributed by atoms with E-state index in [0.29, 0.717) is 16.0 Å². The summed E-state index contributed by atoms with van der Waals surface area (Å²) in [6, 6.07) is 7.01. The number of rotatable bonds is 6. The minimum Gasteiger partial charge on any atom is -0.384 e. The van der Waals surface area contributed by atoms with Gasteiger partial charge in [-0.15, -0.1) is 5.10 Å². The number of hydrogen-bond acceptors (Lipinski definition) is 7. The highest BCUT2D eigenvalue weighted by Crippen LogP contribution is 2.35. The Morgan fingerprint density at radius 1 is 1.29 bits per heavy atom. The molecule has 0 amide bonds. The van der Waals surface area contributed by atoms with Crippen LogP contribution in [0.25, 0.3) is 11.4 Å². The van der Waals surface area contributed by atoms with Crippen molar-refractivity contribution in [3.63, 3.8) is 0 Å². The summed E-state index contributed by atoms with van der Waals surface area (Å²) in [6.07, 6.45) is 1.59. The van der Waals surface area contributed by atoms with Gasteiger partial charge >= 0.3 is 5.69 Å². The highest BCUT2D eigenvalue weighted by Gasteiger charge is 2.30. The molecule has 0 spiro atoms. The van der Waals surface area contributed by atoms with Crippen molar-refractivity contribution < 1.29 is 4.79 Å². The lowest BCUT2D eigenvalue weighted by molar-refractivity contribution is 0.102. The molecule has 3 aromatic rings. The second-order valence-corrected chi connectivity index (χ2v) is 7.68. The van der Waals surface area contributed by atoms with Crippen LogP contribution in [0, 0.1) is 0 Å². The van der Waals surface area contributed by atoms with E-state index in [1.54, 1.807) is 24.3 Å². The van der Waals surface area contributed by atoms with Gasteiger partial charge in [0, 0.05) is 16.6 Å². The average Bonchev–Trinajstić information content (AvgIpc) is 3.36. The number of H-pyrrole nitrogens is 2. The average molecular weight is 419 g/mol. The molecule has 0 aliphatic heterocycles. The Labute approximate surface area is 167 Å². The van der Waals surface area contributed by atoms with E-state index in [1.165, 1.54) is 4.57 Å². The molecule has 2 aromatic heterocycles. The van der Waals surface area contributed by atoms with E-state index in [-0.39, 0.29) is 23.2 Å². The molecular weight excluding hydrogens is 404 g/mol. The van der Waals surface area contributed by atoms with Crippen LogP contribution in [-0.2, 0) is 0 Å². The van der Waals surface area contributed by atoms with E-state index < -0.39 is 17.0 Å². The molecule has 0 saturated heterocycles. The summed E-state index contributed by atoms with van der Waals surface area (Å²) < 4.78 is 1.28. The lowest BCUT2D eigenvalue weighted by Gasteiger charge is -2.10. The maximum absolute atomic E-state index is 12.6. The fourth-order valence-corrected chi connectivity index (χ4v) is 3.58. The number of nitrogens with two attached hydrogens (primary N) is 1. The third kappa shape index (κ3) is 3.60. The van der Waals surface area contributed by atoms with Gasteiger partial charge in [-0.25, -0.2) is 9.78 Å². The highest BCUT2D eigenvalue weighted by molar-refractivity contribution is 7.99. The number of anilines is 1. The quantitative estimate of drug-likeness (QED) is 0.410. The zero-order chi connectivity index (χ0) is 19.8. The zero-order valence-corrected chi connectivity index (χ0v) is 16.0. The first-order valence-electron chi connectivity index (χ1n) is 8.42. The number of thioether (sulfide) groups is 1. The van der Waals surface area contributed by atoms with E-state index in [2.05, 4.69) is 20.2 Å². The van der Waals surface area contributed by atoms with Crippen molar-refractivity contribution in [2.24, 2.45) is 0 Å². The molecule has 11 heteroatoms. The summed E-state index contributed by atoms with van der Waals surface area (Å²) in [5.74, 6) is -0.130. The Bertz CT molecular complexity index is 1160. The molecule has 0 atom stereocenters. The van der Waals surface area contributed by atoms with Gasteiger partial charge in [0.25, 0.3) is 5.56 Å². The number of hydrogen-bond donors (Lipinski definition) is 3. The van der Waals surface area contributed by atoms with E-state index in [1.807, 2.05) is 0 Å². The molecule has 28 heavy (non-hydrogen) atoms. The largest absolute Gasteiger partial charge is 0.384 e. The molecule has 1 aromatic carbocycles. The summed E-state index contributed by atoms with van der Waals surface area (Å²) in [4.78, 5) is 43.1. The predicted octanol–water partition coefficient (Wildman–Crippen LogP) is 1.87. The van der Waals surface area contributed by atoms with Gasteiger partial charge in [0.2, 0.25) is 5.16 Å². The van der Waals surface area contributed by atoms with Gasteiger partial charge in [-0.05, 0) is 37.1 Å². The van der Waals surface area contributed by atoms with Gasteiger partial charge in [0.1, 0.15) is 11.4 Å². The number of carbonyl (C=O) groups is 1. The molecule has 4 N–H and O–H groups in total. The third-order valence-corrected chi connectivity index (χ3v) is 5.39. The molecule has 1 fully saturated rings. The third-order valence-electron chi connectivity index (χ3n) is 4.29. The fourth-order valence-electron chi connectivity index (χ4n) is 2.78. The molecule has 1 aliphatic rings. The maximum atomic E-state index is 12.6. The van der Waals surface area contributed by atoms with E-state index >= 15 is 0 Å². The van der Waals surface area contributed by atoms with Crippen molar-refractivity contribution in [1.82, 2.24) is 24.7 Å². The Morgan fingerprint density at radius 3 is 2.68 bits per heavy atom. The summed E-state index contributed by atoms with van der Waals surface area (Å²) in [6.45, 7) is 0. The normalized spacial score (nSPS) is 13.6. The van der Waals surface area contributed by atoms with Crippen molar-refractivity contribution in [3.8, 4) is 11.4 Å². The van der Waals surface area contributed by atoms with Crippen LogP contribution in [0.5, 0.6) is 0 Å². The molecule has 2 heterocycles. The fraction of sp³-hybridized carbons (Fsp3) is 0.235. The zero-order valence-electron chi connectivity index (χ0n) is 14.4. The molecule has 0 unspecified atom stereocenters. The lowest BCUT2D eigenvalue weighted by Crippen LogP contribution is -2.36. The van der Waals surface area contributed by atoms with Crippen LogP contribution in [0.2, 0.25) is 5.02 Å². The maximum Gasteiger partial charge on any atom is 0.330 e. The number of Topliss-reactive ketones (excluding diaryl/α,β-unsaturated/α-hetero) is 1. The summed E-state index contributed by atoms with van der Waals surface area (Å²) >= 11 is 6.94. The molecular formula is C17H15ClN6O3S. The number of nitrogens with zero attached hydrogens (tertiary/aromatic N) is 3. The number of carbonyl (C=O) groups excluding carboxylic acids is 1. The van der Waals surface area contributed by atoms with Crippen LogP contribution >= 0.6 is 23.4 Å². The number of benzene rings is 1. The van der Waals surface area contributed by atoms with Crippen LogP contribution in [0.15, 0.2) is 39.0 Å². The molecule has 1 saturated carbocycles. The Kier molecular flexibility index (Phi) is 4.82. The molecule has 144 valence electrons. The predicted molar refractivity (Wildman–Crippen MR) is 106 cm³/mol. The molecule has 9 nitrogen and oxygen atoms in total. The smallest absolute Gasteiger partial charge is 0.330 e. The van der Waals surface area contributed by atoms with Crippen LogP contribution in [0.3, 0.4) is 0 Å². The minimum absolute atomic E-state index is 0.0569. The first kappa shape index (κ1) is 18.5. The molecule has 0 bridgehead atoms. The number of ketones is 1. The van der Waals surface area contributed by atoms with Gasteiger partial charge in [0.05, 0.1) is 5.75 Å². The van der Waals surface area contributed by atoms with Crippen LogP contribution < -0.4 is 17.0 Å². The SMILES string of the molecule is Nc1c(C(=O)CSc2n[nH]c(-c3ccc(Cl)cc3)n2)c(=O)[nH]c(=O)n1C1CC1. The first-order valence-corrected chi connectivity index (χ1v) is 9.79. The van der Waals surface area contributed by atoms with Gasteiger partial charge in [-0.3, -0.25) is 24.2 Å². The second kappa shape index (κ2) is 7.28. The summed E-state index contributed by atoms with van der Waals surface area (Å²) in [5.41, 5.74) is 5.19. The highest BCUT2D eigenvalue weighted by atomic mass is 35.5. The topological polar surface area (TPSA) is 140 Å². The van der Waals surface area contributed by atoms with E-state index in [0.717, 1.165) is 30.2 Å². The van der Waals surface area contributed by atoms with Crippen LogP contribution in [-0.4, -0.2) is 36.3 Å². The van der Waals surface area contributed by atoms with Crippen molar-refractivity contribution in [1.29, 1.82) is 0 Å². The lowest BCUT2D eigenvalue weighted by atomic mass is 10.2. The van der Waals surface area contributed by atoms with Gasteiger partial charge in [0.15, 0.2) is 11.6 Å². The van der Waals surface area contributed by atoms with E-state index in [9.17, 15) is 14.4 Å². The molecule has 4 rings (SSSR count). The number of halogens is 1. The monoisotopic (exact) mass is 418 g/mol. The van der Waals surface area contributed by atoms with Crippen molar-refractivity contribution >= 4 is 35.0 Å². The number of nitrogens with one attached hydrogen (secondary N) is 2. The number of nitrogen functional groups attached to an aromatic ring is 1. The molecule has 0 radical (unpaired) electrons. The minimum atomic E-state index is -0.776. The second-order valence-electron chi connectivity index (χ2n) is 6.31. The molecule has 1 aliphatic carbocycles. The van der Waals surface area contributed by atoms with Crippen molar-refractivity contribution in [3.05, 3.63) is 55.7 Å². The van der Waals surface area contributed by atoms with Crippen molar-refractivity contribution in [2.45, 2.75) is 24.0 Å². The van der Waals surface area contributed by atoms with Crippen molar-refractivity contribution in [2.75, 3.05) is 11.5 Å².